The second-order valence-corrected chi connectivity index (χ2v) is 6.19. The molecule has 0 heterocycles. The van der Waals surface area contributed by atoms with Crippen molar-refractivity contribution >= 4 is 11.6 Å². The normalized spacial score (nSPS) is 11.0. The quantitative estimate of drug-likeness (QED) is 0.126. The molecule has 0 N–H and O–H groups in total. The number of rotatable bonds is 25. The van der Waals surface area contributed by atoms with Crippen LogP contribution in [-0.4, -0.2) is 91.8 Å². The summed E-state index contributed by atoms with van der Waals surface area (Å²) in [7, 11) is 0. The molecule has 0 rings (SSSR count). The number of hydrogen-bond acceptors (Lipinski definition) is 7. The Kier molecular flexibility index (Phi) is 26.2. The summed E-state index contributed by atoms with van der Waals surface area (Å²) >= 11 is 5.62. The van der Waals surface area contributed by atoms with Crippen molar-refractivity contribution in [3.05, 3.63) is 12.8 Å². The van der Waals surface area contributed by atoms with Gasteiger partial charge in [-0.1, -0.05) is 19.4 Å². The van der Waals surface area contributed by atoms with Crippen molar-refractivity contribution in [1.29, 1.82) is 0 Å². The summed E-state index contributed by atoms with van der Waals surface area (Å²) in [6, 6.07) is 0. The van der Waals surface area contributed by atoms with Crippen molar-refractivity contribution in [1.82, 2.24) is 0 Å². The first kappa shape index (κ1) is 27.6. The molecule has 0 saturated carbocycles. The average molecular weight is 427 g/mol. The maximum Gasteiger partial charge on any atom is 0.111 e. The van der Waals surface area contributed by atoms with Gasteiger partial charge < -0.3 is 33.2 Å². The number of hydrogen-bond donors (Lipinski definition) is 0. The van der Waals surface area contributed by atoms with Crippen molar-refractivity contribution in [3.63, 3.8) is 0 Å². The SMILES string of the molecule is C=COCCOCCOCCOCCOCCOCCOCCCCCCCl. The van der Waals surface area contributed by atoms with Gasteiger partial charge in [-0.25, -0.2) is 0 Å². The van der Waals surface area contributed by atoms with Crippen LogP contribution in [0, 0.1) is 0 Å². The van der Waals surface area contributed by atoms with Crippen molar-refractivity contribution in [2.45, 2.75) is 25.7 Å². The molecule has 7 nitrogen and oxygen atoms in total. The maximum absolute atomic E-state index is 5.62. The van der Waals surface area contributed by atoms with Gasteiger partial charge in [0.25, 0.3) is 0 Å². The van der Waals surface area contributed by atoms with E-state index in [0.717, 1.165) is 25.3 Å². The third kappa shape index (κ3) is 25.6. The lowest BCUT2D eigenvalue weighted by Crippen LogP contribution is -2.14. The standard InChI is InChI=1S/C20H39ClO7/c1-2-22-9-10-24-13-14-26-17-18-28-20-19-27-16-15-25-12-11-23-8-6-4-3-5-7-21/h2H,1,3-20H2. The van der Waals surface area contributed by atoms with E-state index in [0.29, 0.717) is 79.3 Å². The Morgan fingerprint density at radius 1 is 0.464 bits per heavy atom. The number of alkyl halides is 1. The smallest absolute Gasteiger partial charge is 0.111 e. The first-order valence-corrected chi connectivity index (χ1v) is 10.7. The van der Waals surface area contributed by atoms with E-state index in [9.17, 15) is 0 Å². The lowest BCUT2D eigenvalue weighted by molar-refractivity contribution is -0.0185. The monoisotopic (exact) mass is 426 g/mol. The van der Waals surface area contributed by atoms with E-state index in [1.54, 1.807) is 0 Å². The first-order chi connectivity index (χ1) is 13.9. The van der Waals surface area contributed by atoms with Crippen LogP contribution in [0.15, 0.2) is 12.8 Å². The van der Waals surface area contributed by atoms with Gasteiger partial charge in [-0.05, 0) is 12.8 Å². The van der Waals surface area contributed by atoms with E-state index in [1.807, 2.05) is 0 Å². The largest absolute Gasteiger partial charge is 0.499 e. The molecule has 8 heteroatoms. The van der Waals surface area contributed by atoms with Gasteiger partial charge >= 0.3 is 0 Å². The van der Waals surface area contributed by atoms with Gasteiger partial charge in [-0.3, -0.25) is 0 Å². The molecule has 0 radical (unpaired) electrons. The lowest BCUT2D eigenvalue weighted by Gasteiger charge is -2.08. The van der Waals surface area contributed by atoms with Crippen LogP contribution in [-0.2, 0) is 33.2 Å². The Morgan fingerprint density at radius 3 is 1.21 bits per heavy atom. The third-order valence-electron chi connectivity index (χ3n) is 3.50. The van der Waals surface area contributed by atoms with Crippen molar-refractivity contribution < 1.29 is 33.2 Å². The number of ether oxygens (including phenoxy) is 7. The minimum atomic E-state index is 0.515. The minimum Gasteiger partial charge on any atom is -0.499 e. The second-order valence-electron chi connectivity index (χ2n) is 5.81. The predicted octanol–water partition coefficient (Wildman–Crippen LogP) is 3.05. The van der Waals surface area contributed by atoms with Crippen LogP contribution in [0.5, 0.6) is 0 Å². The zero-order valence-electron chi connectivity index (χ0n) is 17.2. The van der Waals surface area contributed by atoms with Crippen LogP contribution in [0.3, 0.4) is 0 Å². The van der Waals surface area contributed by atoms with Crippen LogP contribution in [0.25, 0.3) is 0 Å². The third-order valence-corrected chi connectivity index (χ3v) is 3.76. The Labute approximate surface area is 175 Å². The molecule has 0 aromatic rings. The molecular formula is C20H39ClO7. The van der Waals surface area contributed by atoms with Crippen LogP contribution < -0.4 is 0 Å². The van der Waals surface area contributed by atoms with Gasteiger partial charge in [-0.2, -0.15) is 0 Å². The van der Waals surface area contributed by atoms with Crippen molar-refractivity contribution in [2.75, 3.05) is 91.8 Å². The highest BCUT2D eigenvalue weighted by atomic mass is 35.5. The average Bonchev–Trinajstić information content (AvgIpc) is 2.71. The highest BCUT2D eigenvalue weighted by Gasteiger charge is 1.95. The molecular weight excluding hydrogens is 388 g/mol. The van der Waals surface area contributed by atoms with E-state index >= 15 is 0 Å². The zero-order valence-corrected chi connectivity index (χ0v) is 18.0. The van der Waals surface area contributed by atoms with Crippen LogP contribution in [0.4, 0.5) is 0 Å². The molecule has 28 heavy (non-hydrogen) atoms. The van der Waals surface area contributed by atoms with Gasteiger partial charge in [0.2, 0.25) is 0 Å². The van der Waals surface area contributed by atoms with Gasteiger partial charge in [0, 0.05) is 12.5 Å². The van der Waals surface area contributed by atoms with Gasteiger partial charge in [0.1, 0.15) is 6.61 Å². The lowest BCUT2D eigenvalue weighted by atomic mass is 10.2. The van der Waals surface area contributed by atoms with Gasteiger partial charge in [0.05, 0.1) is 78.9 Å². The summed E-state index contributed by atoms with van der Waals surface area (Å²) in [5, 5.41) is 0. The highest BCUT2D eigenvalue weighted by Crippen LogP contribution is 2.01. The molecule has 0 bridgehead atoms. The van der Waals surface area contributed by atoms with E-state index in [4.69, 9.17) is 44.8 Å². The Bertz CT molecular complexity index is 296. The topological polar surface area (TPSA) is 64.6 Å². The molecule has 0 amide bonds. The Hall–Kier alpha value is -0.410. The summed E-state index contributed by atoms with van der Waals surface area (Å²) in [5.74, 6) is 0.751. The number of halogens is 1. The van der Waals surface area contributed by atoms with Gasteiger partial charge in [-0.15, -0.1) is 11.6 Å². The highest BCUT2D eigenvalue weighted by molar-refractivity contribution is 6.17. The molecule has 0 aromatic heterocycles. The molecule has 0 aliphatic rings. The van der Waals surface area contributed by atoms with Crippen molar-refractivity contribution in [3.8, 4) is 0 Å². The molecule has 0 spiro atoms. The number of unbranched alkanes of at least 4 members (excludes halogenated alkanes) is 3. The second kappa shape index (κ2) is 26.6. The maximum atomic E-state index is 5.62. The van der Waals surface area contributed by atoms with E-state index in [2.05, 4.69) is 6.58 Å². The predicted molar refractivity (Wildman–Crippen MR) is 110 cm³/mol. The Balaban J connectivity index is 2.97. The molecule has 0 fully saturated rings. The van der Waals surface area contributed by atoms with E-state index < -0.39 is 0 Å². The van der Waals surface area contributed by atoms with Crippen LogP contribution in [0.2, 0.25) is 0 Å². The van der Waals surface area contributed by atoms with Crippen LogP contribution >= 0.6 is 11.6 Å². The first-order valence-electron chi connectivity index (χ1n) is 10.2. The molecule has 0 aliphatic heterocycles. The fourth-order valence-corrected chi connectivity index (χ4v) is 2.23. The van der Waals surface area contributed by atoms with Crippen molar-refractivity contribution in [2.24, 2.45) is 0 Å². The summed E-state index contributed by atoms with van der Waals surface area (Å²) in [6.45, 7) is 10.9. The van der Waals surface area contributed by atoms with Gasteiger partial charge in [0.15, 0.2) is 0 Å². The Morgan fingerprint density at radius 2 is 0.821 bits per heavy atom. The summed E-state index contributed by atoms with van der Waals surface area (Å²) in [6.07, 6.45) is 5.93. The zero-order chi connectivity index (χ0) is 20.4. The van der Waals surface area contributed by atoms with Crippen LogP contribution in [0.1, 0.15) is 25.7 Å². The molecule has 0 atom stereocenters. The molecule has 0 unspecified atom stereocenters. The fourth-order valence-electron chi connectivity index (χ4n) is 2.04. The molecule has 0 aliphatic carbocycles. The van der Waals surface area contributed by atoms with E-state index in [1.165, 1.54) is 19.1 Å². The fraction of sp³-hybridized carbons (Fsp3) is 0.900. The molecule has 0 saturated heterocycles. The molecule has 168 valence electrons. The van der Waals surface area contributed by atoms with E-state index in [-0.39, 0.29) is 0 Å². The molecule has 0 aromatic carbocycles. The summed E-state index contributed by atoms with van der Waals surface area (Å²) in [4.78, 5) is 0. The summed E-state index contributed by atoms with van der Waals surface area (Å²) in [5.41, 5.74) is 0. The summed E-state index contributed by atoms with van der Waals surface area (Å²) < 4.78 is 37.4. The minimum absolute atomic E-state index is 0.515.